The molecule has 0 atom stereocenters. The van der Waals surface area contributed by atoms with Gasteiger partial charge >= 0.3 is 0 Å². The molecule has 0 saturated heterocycles. The van der Waals surface area contributed by atoms with Crippen LogP contribution >= 0.6 is 0 Å². The molecular formula is C17H25N3O. The van der Waals surface area contributed by atoms with Crippen LogP contribution in [-0.2, 0) is 0 Å². The Bertz CT molecular complexity index is 488. The Balaban J connectivity index is 2.38. The van der Waals surface area contributed by atoms with E-state index >= 15 is 0 Å². The highest BCUT2D eigenvalue weighted by atomic mass is 16.1. The molecule has 0 fully saturated rings. The van der Waals surface area contributed by atoms with Crippen molar-refractivity contribution in [3.63, 3.8) is 0 Å². The normalized spacial score (nSPS) is 9.81. The van der Waals surface area contributed by atoms with Crippen molar-refractivity contribution in [2.24, 2.45) is 5.73 Å². The summed E-state index contributed by atoms with van der Waals surface area (Å²) in [6.45, 7) is 3.16. The third-order valence-corrected chi connectivity index (χ3v) is 3.16. The molecule has 0 aromatic carbocycles. The molecule has 1 aromatic rings. The third kappa shape index (κ3) is 6.92. The fourth-order valence-corrected chi connectivity index (χ4v) is 2.02. The Morgan fingerprint density at radius 3 is 2.81 bits per heavy atom. The smallest absolute Gasteiger partial charge is 0.271 e. The van der Waals surface area contributed by atoms with Crippen molar-refractivity contribution in [2.75, 3.05) is 13.1 Å². The van der Waals surface area contributed by atoms with Gasteiger partial charge in [-0.15, -0.1) is 0 Å². The molecule has 1 amide bonds. The fourth-order valence-electron chi connectivity index (χ4n) is 2.02. The van der Waals surface area contributed by atoms with Crippen molar-refractivity contribution >= 4 is 5.91 Å². The maximum absolute atomic E-state index is 12.1. The van der Waals surface area contributed by atoms with Crippen LogP contribution in [0.1, 0.15) is 61.5 Å². The zero-order valence-electron chi connectivity index (χ0n) is 12.8. The Kier molecular flexibility index (Phi) is 8.90. The molecule has 0 unspecified atom stereocenters. The average molecular weight is 287 g/mol. The number of nitrogens with zero attached hydrogens (tertiary/aromatic N) is 1. The molecule has 0 radical (unpaired) electrons. The minimum absolute atomic E-state index is 0.162. The minimum atomic E-state index is -0.162. The van der Waals surface area contributed by atoms with E-state index in [4.69, 9.17) is 5.73 Å². The van der Waals surface area contributed by atoms with Gasteiger partial charge in [0, 0.05) is 12.7 Å². The molecule has 0 spiro atoms. The molecule has 1 rings (SSSR count). The molecular weight excluding hydrogens is 262 g/mol. The summed E-state index contributed by atoms with van der Waals surface area (Å²) in [6, 6.07) is 3.56. The lowest BCUT2D eigenvalue weighted by atomic mass is 10.1. The molecule has 0 bridgehead atoms. The number of carbonyl (C=O) groups excluding carboxylic acids is 1. The summed E-state index contributed by atoms with van der Waals surface area (Å²) < 4.78 is 0. The fraction of sp³-hybridized carbons (Fsp3) is 0.529. The number of hydrogen-bond donors (Lipinski definition) is 2. The topological polar surface area (TPSA) is 68.0 Å². The summed E-state index contributed by atoms with van der Waals surface area (Å²) in [7, 11) is 0. The highest BCUT2D eigenvalue weighted by molar-refractivity contribution is 5.94. The molecule has 21 heavy (non-hydrogen) atoms. The number of nitrogens with two attached hydrogens (primary N) is 1. The highest BCUT2D eigenvalue weighted by Crippen LogP contribution is 2.05. The minimum Gasteiger partial charge on any atom is -0.351 e. The maximum atomic E-state index is 12.1. The van der Waals surface area contributed by atoms with E-state index in [0.717, 1.165) is 12.8 Å². The number of rotatable bonds is 8. The van der Waals surface area contributed by atoms with Crippen molar-refractivity contribution in [1.82, 2.24) is 10.3 Å². The van der Waals surface area contributed by atoms with Crippen LogP contribution in [0.2, 0.25) is 0 Å². The number of amides is 1. The first kappa shape index (κ1) is 17.2. The molecule has 4 heteroatoms. The maximum Gasteiger partial charge on any atom is 0.271 e. The van der Waals surface area contributed by atoms with Crippen LogP contribution in [0.3, 0.4) is 0 Å². The molecule has 0 aliphatic rings. The zero-order valence-corrected chi connectivity index (χ0v) is 12.8. The van der Waals surface area contributed by atoms with Gasteiger partial charge in [-0.2, -0.15) is 0 Å². The molecule has 3 N–H and O–H groups in total. The van der Waals surface area contributed by atoms with Crippen molar-refractivity contribution < 1.29 is 4.79 Å². The van der Waals surface area contributed by atoms with Gasteiger partial charge < -0.3 is 11.1 Å². The van der Waals surface area contributed by atoms with Crippen molar-refractivity contribution in [2.45, 2.75) is 45.4 Å². The summed E-state index contributed by atoms with van der Waals surface area (Å²) in [5.41, 5.74) is 6.36. The lowest BCUT2D eigenvalue weighted by molar-refractivity contribution is 0.0947. The van der Waals surface area contributed by atoms with E-state index < -0.39 is 0 Å². The quantitative estimate of drug-likeness (QED) is 0.570. The second-order valence-corrected chi connectivity index (χ2v) is 4.93. The van der Waals surface area contributed by atoms with E-state index in [9.17, 15) is 4.79 Å². The lowest BCUT2D eigenvalue weighted by Gasteiger charge is -2.06. The van der Waals surface area contributed by atoms with E-state index in [2.05, 4.69) is 29.1 Å². The number of pyridine rings is 1. The number of nitrogens with one attached hydrogen (secondary N) is 1. The summed E-state index contributed by atoms with van der Waals surface area (Å²) >= 11 is 0. The van der Waals surface area contributed by atoms with Gasteiger partial charge in [-0.1, -0.05) is 50.9 Å². The van der Waals surface area contributed by atoms with E-state index in [0.29, 0.717) is 17.8 Å². The van der Waals surface area contributed by atoms with Gasteiger partial charge in [0.2, 0.25) is 0 Å². The predicted molar refractivity (Wildman–Crippen MR) is 85.9 cm³/mol. The second-order valence-electron chi connectivity index (χ2n) is 4.93. The Morgan fingerprint density at radius 1 is 1.29 bits per heavy atom. The summed E-state index contributed by atoms with van der Waals surface area (Å²) in [5.74, 6) is 5.47. The SMILES string of the molecule is CCCCCCCCNC(=O)c1ncccc1C#CCN. The Hall–Kier alpha value is -1.86. The Labute approximate surface area is 127 Å². The molecule has 1 aromatic heterocycles. The van der Waals surface area contributed by atoms with E-state index in [1.54, 1.807) is 18.3 Å². The number of hydrogen-bond acceptors (Lipinski definition) is 3. The molecule has 4 nitrogen and oxygen atoms in total. The summed E-state index contributed by atoms with van der Waals surface area (Å²) in [5, 5.41) is 2.91. The van der Waals surface area contributed by atoms with Crippen LogP contribution in [0.25, 0.3) is 0 Å². The van der Waals surface area contributed by atoms with Crippen LogP contribution < -0.4 is 11.1 Å². The third-order valence-electron chi connectivity index (χ3n) is 3.16. The second kappa shape index (κ2) is 10.9. The van der Waals surface area contributed by atoms with E-state index in [1.807, 2.05) is 0 Å². The highest BCUT2D eigenvalue weighted by Gasteiger charge is 2.10. The van der Waals surface area contributed by atoms with Gasteiger partial charge in [0.05, 0.1) is 12.1 Å². The van der Waals surface area contributed by atoms with Crippen LogP contribution in [0.5, 0.6) is 0 Å². The summed E-state index contributed by atoms with van der Waals surface area (Å²) in [6.07, 6.45) is 8.83. The molecule has 0 aliphatic heterocycles. The van der Waals surface area contributed by atoms with Gasteiger partial charge in [-0.25, -0.2) is 4.98 Å². The van der Waals surface area contributed by atoms with Gasteiger partial charge in [0.15, 0.2) is 0 Å². The monoisotopic (exact) mass is 287 g/mol. The van der Waals surface area contributed by atoms with Gasteiger partial charge in [0.1, 0.15) is 5.69 Å². The van der Waals surface area contributed by atoms with Crippen LogP contribution in [0.15, 0.2) is 18.3 Å². The number of unbranched alkanes of at least 4 members (excludes halogenated alkanes) is 5. The van der Waals surface area contributed by atoms with Crippen LogP contribution in [-0.4, -0.2) is 24.0 Å². The van der Waals surface area contributed by atoms with Gasteiger partial charge in [0.25, 0.3) is 5.91 Å². The summed E-state index contributed by atoms with van der Waals surface area (Å²) in [4.78, 5) is 16.2. The first-order chi connectivity index (χ1) is 10.3. The van der Waals surface area contributed by atoms with Gasteiger partial charge in [-0.05, 0) is 18.6 Å². The molecule has 0 saturated carbocycles. The standard InChI is InChI=1S/C17H25N3O/c1-2-3-4-5-6-7-13-20-17(21)16-15(10-8-12-18)11-9-14-19-16/h9,11,14H,2-7,12-13,18H2,1H3,(H,20,21). The lowest BCUT2D eigenvalue weighted by Crippen LogP contribution is -2.26. The number of aromatic nitrogens is 1. The van der Waals surface area contributed by atoms with Crippen molar-refractivity contribution in [3.05, 3.63) is 29.6 Å². The van der Waals surface area contributed by atoms with Crippen molar-refractivity contribution in [1.29, 1.82) is 0 Å². The molecule has 0 aliphatic carbocycles. The van der Waals surface area contributed by atoms with E-state index in [-0.39, 0.29) is 12.5 Å². The van der Waals surface area contributed by atoms with Crippen LogP contribution in [0.4, 0.5) is 0 Å². The predicted octanol–water partition coefficient (Wildman–Crippen LogP) is 2.48. The van der Waals surface area contributed by atoms with Crippen LogP contribution in [0, 0.1) is 11.8 Å². The number of carbonyl (C=O) groups is 1. The molecule has 1 heterocycles. The van der Waals surface area contributed by atoms with Crippen molar-refractivity contribution in [3.8, 4) is 11.8 Å². The first-order valence-electron chi connectivity index (χ1n) is 7.71. The first-order valence-corrected chi connectivity index (χ1v) is 7.71. The Morgan fingerprint density at radius 2 is 2.05 bits per heavy atom. The molecule has 114 valence electrons. The average Bonchev–Trinajstić information content (AvgIpc) is 2.52. The largest absolute Gasteiger partial charge is 0.351 e. The zero-order chi connectivity index (χ0) is 15.3. The van der Waals surface area contributed by atoms with E-state index in [1.165, 1.54) is 25.7 Å². The van der Waals surface area contributed by atoms with Gasteiger partial charge in [-0.3, -0.25) is 4.79 Å².